The second-order valence-electron chi connectivity index (χ2n) is 5.46. The first-order valence-corrected chi connectivity index (χ1v) is 7.73. The molecule has 0 amide bonds. The fourth-order valence-electron chi connectivity index (χ4n) is 3.29. The van der Waals surface area contributed by atoms with Crippen molar-refractivity contribution in [3.8, 4) is 0 Å². The average Bonchev–Trinajstić information content (AvgIpc) is 2.57. The normalized spacial score (nSPS) is 28.1. The zero-order valence-electron chi connectivity index (χ0n) is 12.3. The summed E-state index contributed by atoms with van der Waals surface area (Å²) in [6, 6.07) is 2.21. The van der Waals surface area contributed by atoms with Crippen molar-refractivity contribution in [2.75, 3.05) is 13.1 Å². The predicted octanol–water partition coefficient (Wildman–Crippen LogP) is 3.42. The number of nitrogens with one attached hydrogen (secondary N) is 1. The second kappa shape index (κ2) is 8.10. The molecule has 0 aromatic rings. The third kappa shape index (κ3) is 4.26. The van der Waals surface area contributed by atoms with Crippen molar-refractivity contribution in [2.24, 2.45) is 0 Å². The van der Waals surface area contributed by atoms with Crippen molar-refractivity contribution in [1.29, 1.82) is 0 Å². The molecular formula is C15H32N2. The molecule has 0 spiro atoms. The van der Waals surface area contributed by atoms with E-state index < -0.39 is 0 Å². The summed E-state index contributed by atoms with van der Waals surface area (Å²) in [5, 5.41) is 3.73. The van der Waals surface area contributed by atoms with Crippen LogP contribution in [0.2, 0.25) is 0 Å². The first-order chi connectivity index (χ1) is 8.24. The van der Waals surface area contributed by atoms with Gasteiger partial charge in [0.05, 0.1) is 0 Å². The van der Waals surface area contributed by atoms with Crippen LogP contribution in [0.3, 0.4) is 0 Å². The fraction of sp³-hybridized carbons (Fsp3) is 1.00. The van der Waals surface area contributed by atoms with Crippen LogP contribution in [0.25, 0.3) is 0 Å². The Bertz CT molecular complexity index is 193. The molecule has 1 fully saturated rings. The Labute approximate surface area is 108 Å². The smallest absolute Gasteiger partial charge is 0.0252 e. The maximum atomic E-state index is 3.73. The lowest BCUT2D eigenvalue weighted by atomic mass is 9.99. The van der Waals surface area contributed by atoms with E-state index in [0.717, 1.165) is 24.7 Å². The molecule has 0 bridgehead atoms. The molecule has 0 heterocycles. The standard InChI is InChI=1S/C15H32N2/c1-5-13(4)17(7-3)15-12-10-8-9-11-14(15)16-6-2/h13-16H,5-12H2,1-4H3. The van der Waals surface area contributed by atoms with Crippen molar-refractivity contribution >= 4 is 0 Å². The summed E-state index contributed by atoms with van der Waals surface area (Å²) in [4.78, 5) is 2.73. The van der Waals surface area contributed by atoms with Gasteiger partial charge in [-0.2, -0.15) is 0 Å². The highest BCUT2D eigenvalue weighted by molar-refractivity contribution is 4.88. The Balaban J connectivity index is 2.71. The summed E-state index contributed by atoms with van der Waals surface area (Å²) in [5.41, 5.74) is 0. The van der Waals surface area contributed by atoms with E-state index in [-0.39, 0.29) is 0 Å². The van der Waals surface area contributed by atoms with E-state index in [2.05, 4.69) is 37.9 Å². The Hall–Kier alpha value is -0.0800. The van der Waals surface area contributed by atoms with Crippen molar-refractivity contribution in [1.82, 2.24) is 10.2 Å². The summed E-state index contributed by atoms with van der Waals surface area (Å²) in [7, 11) is 0. The number of likely N-dealkylation sites (N-methyl/N-ethyl adjacent to an activating group) is 2. The zero-order chi connectivity index (χ0) is 12.7. The highest BCUT2D eigenvalue weighted by Crippen LogP contribution is 2.24. The van der Waals surface area contributed by atoms with Gasteiger partial charge in [0, 0.05) is 18.1 Å². The van der Waals surface area contributed by atoms with E-state index in [4.69, 9.17) is 0 Å². The average molecular weight is 240 g/mol. The molecule has 0 saturated heterocycles. The van der Waals surface area contributed by atoms with Crippen molar-refractivity contribution in [3.63, 3.8) is 0 Å². The second-order valence-corrected chi connectivity index (χ2v) is 5.46. The summed E-state index contributed by atoms with van der Waals surface area (Å²) in [6.07, 6.45) is 8.27. The highest BCUT2D eigenvalue weighted by Gasteiger charge is 2.29. The third-order valence-corrected chi connectivity index (χ3v) is 4.39. The molecule has 0 radical (unpaired) electrons. The van der Waals surface area contributed by atoms with Gasteiger partial charge in [-0.1, -0.05) is 40.0 Å². The van der Waals surface area contributed by atoms with E-state index in [1.165, 1.54) is 45.1 Å². The molecular weight excluding hydrogens is 208 g/mol. The molecule has 0 aromatic carbocycles. The van der Waals surface area contributed by atoms with Gasteiger partial charge < -0.3 is 5.32 Å². The number of hydrogen-bond acceptors (Lipinski definition) is 2. The van der Waals surface area contributed by atoms with Crippen LogP contribution in [0.15, 0.2) is 0 Å². The van der Waals surface area contributed by atoms with Gasteiger partial charge in [-0.25, -0.2) is 0 Å². The molecule has 1 saturated carbocycles. The quantitative estimate of drug-likeness (QED) is 0.716. The molecule has 1 N–H and O–H groups in total. The lowest BCUT2D eigenvalue weighted by Crippen LogP contribution is -2.52. The van der Waals surface area contributed by atoms with E-state index in [1.807, 2.05) is 0 Å². The molecule has 17 heavy (non-hydrogen) atoms. The van der Waals surface area contributed by atoms with Gasteiger partial charge in [-0.15, -0.1) is 0 Å². The maximum absolute atomic E-state index is 3.73. The number of rotatable bonds is 6. The van der Waals surface area contributed by atoms with E-state index in [9.17, 15) is 0 Å². The minimum absolute atomic E-state index is 0.719. The SMILES string of the molecule is CCNC1CCCCCC1N(CC)C(C)CC. The van der Waals surface area contributed by atoms with Crippen LogP contribution in [0.5, 0.6) is 0 Å². The molecule has 3 atom stereocenters. The Morgan fingerprint density at radius 1 is 1.12 bits per heavy atom. The molecule has 102 valence electrons. The Morgan fingerprint density at radius 3 is 2.41 bits per heavy atom. The van der Waals surface area contributed by atoms with Crippen LogP contribution < -0.4 is 5.32 Å². The Kier molecular flexibility index (Phi) is 7.14. The van der Waals surface area contributed by atoms with Crippen LogP contribution in [0.1, 0.15) is 66.2 Å². The first-order valence-electron chi connectivity index (χ1n) is 7.73. The van der Waals surface area contributed by atoms with Gasteiger partial charge in [-0.05, 0) is 39.3 Å². The minimum atomic E-state index is 0.719. The van der Waals surface area contributed by atoms with Gasteiger partial charge in [0.2, 0.25) is 0 Å². The topological polar surface area (TPSA) is 15.3 Å². The molecule has 1 aliphatic rings. The Morgan fingerprint density at radius 2 is 1.82 bits per heavy atom. The van der Waals surface area contributed by atoms with Crippen LogP contribution in [0.4, 0.5) is 0 Å². The zero-order valence-corrected chi connectivity index (χ0v) is 12.3. The highest BCUT2D eigenvalue weighted by atomic mass is 15.2. The number of nitrogens with zero attached hydrogens (tertiary/aromatic N) is 1. The van der Waals surface area contributed by atoms with Gasteiger partial charge in [-0.3, -0.25) is 4.90 Å². The lowest BCUT2D eigenvalue weighted by Gasteiger charge is -2.39. The summed E-state index contributed by atoms with van der Waals surface area (Å²) < 4.78 is 0. The molecule has 0 aliphatic heterocycles. The van der Waals surface area contributed by atoms with Crippen molar-refractivity contribution in [3.05, 3.63) is 0 Å². The predicted molar refractivity (Wildman–Crippen MR) is 76.5 cm³/mol. The minimum Gasteiger partial charge on any atom is -0.313 e. The van der Waals surface area contributed by atoms with Crippen LogP contribution in [0, 0.1) is 0 Å². The fourth-order valence-corrected chi connectivity index (χ4v) is 3.29. The van der Waals surface area contributed by atoms with E-state index in [1.54, 1.807) is 0 Å². The van der Waals surface area contributed by atoms with E-state index >= 15 is 0 Å². The first kappa shape index (κ1) is 15.0. The third-order valence-electron chi connectivity index (χ3n) is 4.39. The summed E-state index contributed by atoms with van der Waals surface area (Å²) in [5.74, 6) is 0. The van der Waals surface area contributed by atoms with Crippen LogP contribution in [-0.2, 0) is 0 Å². The van der Waals surface area contributed by atoms with E-state index in [0.29, 0.717) is 0 Å². The monoisotopic (exact) mass is 240 g/mol. The largest absolute Gasteiger partial charge is 0.313 e. The summed E-state index contributed by atoms with van der Waals surface area (Å²) in [6.45, 7) is 11.6. The van der Waals surface area contributed by atoms with Gasteiger partial charge in [0.1, 0.15) is 0 Å². The van der Waals surface area contributed by atoms with Gasteiger partial charge in [0.15, 0.2) is 0 Å². The number of hydrogen-bond donors (Lipinski definition) is 1. The molecule has 0 aromatic heterocycles. The molecule has 1 aliphatic carbocycles. The van der Waals surface area contributed by atoms with Gasteiger partial charge in [0.25, 0.3) is 0 Å². The van der Waals surface area contributed by atoms with Gasteiger partial charge >= 0.3 is 0 Å². The maximum Gasteiger partial charge on any atom is 0.0252 e. The summed E-state index contributed by atoms with van der Waals surface area (Å²) >= 11 is 0. The van der Waals surface area contributed by atoms with Crippen LogP contribution >= 0.6 is 0 Å². The van der Waals surface area contributed by atoms with Crippen molar-refractivity contribution in [2.45, 2.75) is 84.3 Å². The molecule has 2 nitrogen and oxygen atoms in total. The molecule has 1 rings (SSSR count). The van der Waals surface area contributed by atoms with Crippen molar-refractivity contribution < 1.29 is 0 Å². The molecule has 2 heteroatoms. The van der Waals surface area contributed by atoms with Crippen LogP contribution in [-0.4, -0.2) is 36.1 Å². The lowest BCUT2D eigenvalue weighted by molar-refractivity contribution is 0.110. The molecule has 3 unspecified atom stereocenters.